The molecule has 4 nitrogen and oxygen atoms in total. The van der Waals surface area contributed by atoms with Crippen LogP contribution in [-0.2, 0) is 6.54 Å². The quantitative estimate of drug-likeness (QED) is 0.822. The standard InChI is InChI=1S/C12H11ClN2O2/c13-9-4-1-5-10(14)11(9)12(16)15-7-8-3-2-6-17-8/h1-6H,7,14H2,(H,15,16). The van der Waals surface area contributed by atoms with Gasteiger partial charge in [-0.15, -0.1) is 0 Å². The Morgan fingerprint density at radius 1 is 1.35 bits per heavy atom. The summed E-state index contributed by atoms with van der Waals surface area (Å²) in [5.74, 6) is 0.355. The Labute approximate surface area is 103 Å². The molecule has 0 atom stereocenters. The van der Waals surface area contributed by atoms with Crippen LogP contribution in [0.2, 0.25) is 5.02 Å². The molecule has 3 N–H and O–H groups in total. The van der Waals surface area contributed by atoms with Crippen molar-refractivity contribution in [3.05, 3.63) is 52.9 Å². The van der Waals surface area contributed by atoms with E-state index in [1.807, 2.05) is 0 Å². The highest BCUT2D eigenvalue weighted by atomic mass is 35.5. The number of hydrogen-bond acceptors (Lipinski definition) is 3. The lowest BCUT2D eigenvalue weighted by Gasteiger charge is -2.07. The molecule has 1 heterocycles. The van der Waals surface area contributed by atoms with Gasteiger partial charge in [0, 0.05) is 5.69 Å². The first-order chi connectivity index (χ1) is 8.18. The molecule has 0 spiro atoms. The van der Waals surface area contributed by atoms with Gasteiger partial charge in [0.1, 0.15) is 5.76 Å². The lowest BCUT2D eigenvalue weighted by Crippen LogP contribution is -2.23. The van der Waals surface area contributed by atoms with Crippen LogP contribution in [0, 0.1) is 0 Å². The van der Waals surface area contributed by atoms with Crippen LogP contribution in [0.25, 0.3) is 0 Å². The van der Waals surface area contributed by atoms with E-state index in [4.69, 9.17) is 21.8 Å². The number of nitrogens with two attached hydrogens (primary N) is 1. The van der Waals surface area contributed by atoms with E-state index in [2.05, 4.69) is 5.32 Å². The molecule has 2 aromatic rings. The van der Waals surface area contributed by atoms with Crippen molar-refractivity contribution in [1.29, 1.82) is 0 Å². The van der Waals surface area contributed by atoms with Crippen LogP contribution < -0.4 is 11.1 Å². The molecule has 0 unspecified atom stereocenters. The van der Waals surface area contributed by atoms with Gasteiger partial charge in [0.05, 0.1) is 23.4 Å². The fraction of sp³-hybridized carbons (Fsp3) is 0.0833. The van der Waals surface area contributed by atoms with Crippen molar-refractivity contribution in [2.24, 2.45) is 0 Å². The lowest BCUT2D eigenvalue weighted by molar-refractivity contribution is 0.0949. The first-order valence-corrected chi connectivity index (χ1v) is 5.41. The minimum absolute atomic E-state index is 0.292. The van der Waals surface area contributed by atoms with E-state index in [9.17, 15) is 4.79 Å². The Morgan fingerprint density at radius 2 is 2.18 bits per heavy atom. The van der Waals surface area contributed by atoms with Crippen LogP contribution in [0.4, 0.5) is 5.69 Å². The molecule has 2 rings (SSSR count). The molecule has 0 saturated heterocycles. The topological polar surface area (TPSA) is 68.3 Å². The first-order valence-electron chi connectivity index (χ1n) is 5.03. The average Bonchev–Trinajstić information content (AvgIpc) is 2.79. The number of nitrogen functional groups attached to an aromatic ring is 1. The number of anilines is 1. The predicted octanol–water partition coefficient (Wildman–Crippen LogP) is 2.45. The summed E-state index contributed by atoms with van der Waals surface area (Å²) in [6.45, 7) is 0.302. The molecule has 0 aliphatic rings. The molecule has 1 amide bonds. The Morgan fingerprint density at radius 3 is 2.82 bits per heavy atom. The zero-order valence-corrected chi connectivity index (χ0v) is 9.70. The lowest BCUT2D eigenvalue weighted by atomic mass is 10.1. The van der Waals surface area contributed by atoms with Gasteiger partial charge in [-0.1, -0.05) is 17.7 Å². The van der Waals surface area contributed by atoms with E-state index in [0.29, 0.717) is 28.6 Å². The second-order valence-electron chi connectivity index (χ2n) is 3.47. The van der Waals surface area contributed by atoms with Gasteiger partial charge in [-0.3, -0.25) is 4.79 Å². The third kappa shape index (κ3) is 2.60. The third-order valence-electron chi connectivity index (χ3n) is 2.28. The van der Waals surface area contributed by atoms with E-state index in [1.54, 1.807) is 36.6 Å². The van der Waals surface area contributed by atoms with Crippen molar-refractivity contribution in [2.45, 2.75) is 6.54 Å². The van der Waals surface area contributed by atoms with Crippen molar-refractivity contribution in [3.8, 4) is 0 Å². The summed E-state index contributed by atoms with van der Waals surface area (Å²) in [6, 6.07) is 8.48. The largest absolute Gasteiger partial charge is 0.467 e. The van der Waals surface area contributed by atoms with E-state index in [-0.39, 0.29) is 5.91 Å². The van der Waals surface area contributed by atoms with Gasteiger partial charge in [0.15, 0.2) is 0 Å². The normalized spacial score (nSPS) is 10.2. The van der Waals surface area contributed by atoms with E-state index < -0.39 is 0 Å². The smallest absolute Gasteiger partial charge is 0.255 e. The van der Waals surface area contributed by atoms with Crippen LogP contribution in [0.5, 0.6) is 0 Å². The minimum atomic E-state index is -0.315. The molecule has 1 aromatic carbocycles. The van der Waals surface area contributed by atoms with Crippen molar-refractivity contribution < 1.29 is 9.21 Å². The predicted molar refractivity (Wildman–Crippen MR) is 65.7 cm³/mol. The van der Waals surface area contributed by atoms with Gasteiger partial charge in [-0.2, -0.15) is 0 Å². The summed E-state index contributed by atoms with van der Waals surface area (Å²) in [7, 11) is 0. The maximum absolute atomic E-state index is 11.9. The molecule has 0 aliphatic carbocycles. The number of halogens is 1. The Bertz CT molecular complexity index is 503. The molecule has 88 valence electrons. The van der Waals surface area contributed by atoms with Crippen molar-refractivity contribution in [2.75, 3.05) is 5.73 Å². The van der Waals surface area contributed by atoms with Gasteiger partial charge in [-0.05, 0) is 24.3 Å². The van der Waals surface area contributed by atoms with E-state index in [1.165, 1.54) is 0 Å². The van der Waals surface area contributed by atoms with Crippen molar-refractivity contribution in [1.82, 2.24) is 5.32 Å². The number of nitrogens with one attached hydrogen (secondary N) is 1. The van der Waals surface area contributed by atoms with Crippen LogP contribution >= 0.6 is 11.6 Å². The molecule has 5 heteroatoms. The van der Waals surface area contributed by atoms with E-state index in [0.717, 1.165) is 0 Å². The number of rotatable bonds is 3. The number of carbonyl (C=O) groups is 1. The summed E-state index contributed by atoms with van der Waals surface area (Å²) in [5, 5.41) is 3.02. The molecule has 0 aliphatic heterocycles. The molecule has 0 radical (unpaired) electrons. The summed E-state index contributed by atoms with van der Waals surface area (Å²) < 4.78 is 5.10. The molecule has 0 fully saturated rings. The molecule has 17 heavy (non-hydrogen) atoms. The minimum Gasteiger partial charge on any atom is -0.467 e. The van der Waals surface area contributed by atoms with Crippen LogP contribution in [0.3, 0.4) is 0 Å². The maximum atomic E-state index is 11.9. The zero-order valence-electron chi connectivity index (χ0n) is 8.94. The highest BCUT2D eigenvalue weighted by Crippen LogP contribution is 2.21. The van der Waals surface area contributed by atoms with Gasteiger partial charge in [-0.25, -0.2) is 0 Å². The Hall–Kier alpha value is -1.94. The number of furan rings is 1. The fourth-order valence-corrected chi connectivity index (χ4v) is 1.72. The van der Waals surface area contributed by atoms with Crippen molar-refractivity contribution in [3.63, 3.8) is 0 Å². The summed E-state index contributed by atoms with van der Waals surface area (Å²) >= 11 is 5.92. The van der Waals surface area contributed by atoms with Crippen LogP contribution in [-0.4, -0.2) is 5.91 Å². The first kappa shape index (κ1) is 11.5. The maximum Gasteiger partial charge on any atom is 0.255 e. The number of carbonyl (C=O) groups excluding carboxylic acids is 1. The zero-order chi connectivity index (χ0) is 12.3. The number of hydrogen-bond donors (Lipinski definition) is 2. The fourth-order valence-electron chi connectivity index (χ4n) is 1.45. The van der Waals surface area contributed by atoms with Gasteiger partial charge in [0.2, 0.25) is 0 Å². The summed E-state index contributed by atoms with van der Waals surface area (Å²) in [5.41, 5.74) is 6.35. The van der Waals surface area contributed by atoms with Gasteiger partial charge in [0.25, 0.3) is 5.91 Å². The van der Waals surface area contributed by atoms with Crippen LogP contribution in [0.15, 0.2) is 41.0 Å². The molecular weight excluding hydrogens is 240 g/mol. The highest BCUT2D eigenvalue weighted by molar-refractivity contribution is 6.34. The third-order valence-corrected chi connectivity index (χ3v) is 2.59. The Balaban J connectivity index is 2.10. The highest BCUT2D eigenvalue weighted by Gasteiger charge is 2.13. The molecule has 0 saturated carbocycles. The summed E-state index contributed by atoms with van der Waals surface area (Å²) in [4.78, 5) is 11.9. The Kier molecular flexibility index (Phi) is 3.35. The summed E-state index contributed by atoms with van der Waals surface area (Å²) in [6.07, 6.45) is 1.55. The van der Waals surface area contributed by atoms with Gasteiger partial charge >= 0.3 is 0 Å². The second-order valence-corrected chi connectivity index (χ2v) is 3.87. The monoisotopic (exact) mass is 250 g/mol. The van der Waals surface area contributed by atoms with Gasteiger partial charge < -0.3 is 15.5 Å². The van der Waals surface area contributed by atoms with E-state index >= 15 is 0 Å². The number of amides is 1. The second kappa shape index (κ2) is 4.93. The molecule has 0 bridgehead atoms. The molecular formula is C12H11ClN2O2. The number of benzene rings is 1. The SMILES string of the molecule is Nc1cccc(Cl)c1C(=O)NCc1ccco1. The van der Waals surface area contributed by atoms with Crippen molar-refractivity contribution >= 4 is 23.2 Å². The average molecular weight is 251 g/mol. The van der Waals surface area contributed by atoms with Crippen LogP contribution in [0.1, 0.15) is 16.1 Å². The molecule has 1 aromatic heterocycles.